The predicted octanol–water partition coefficient (Wildman–Crippen LogP) is 3.92. The van der Waals surface area contributed by atoms with Crippen LogP contribution in [0.25, 0.3) is 22.3 Å². The lowest BCUT2D eigenvalue weighted by Crippen LogP contribution is -1.93. The minimum absolute atomic E-state index is 0.844. The van der Waals surface area contributed by atoms with E-state index in [9.17, 15) is 0 Å². The van der Waals surface area contributed by atoms with Gasteiger partial charge in [-0.1, -0.05) is 12.1 Å². The van der Waals surface area contributed by atoms with Crippen molar-refractivity contribution < 1.29 is 4.74 Å². The Labute approximate surface area is 118 Å². The summed E-state index contributed by atoms with van der Waals surface area (Å²) in [7, 11) is 1.67. The van der Waals surface area contributed by atoms with Crippen molar-refractivity contribution in [1.29, 1.82) is 0 Å². The molecule has 2 aromatic heterocycles. The van der Waals surface area contributed by atoms with Gasteiger partial charge < -0.3 is 4.74 Å². The second-order valence-electron chi connectivity index (χ2n) is 4.93. The van der Waals surface area contributed by atoms with Crippen LogP contribution in [0.5, 0.6) is 5.75 Å². The van der Waals surface area contributed by atoms with Gasteiger partial charge in [0.25, 0.3) is 0 Å². The fourth-order valence-electron chi connectivity index (χ4n) is 2.35. The Bertz CT molecular complexity index is 781. The summed E-state index contributed by atoms with van der Waals surface area (Å²) in [4.78, 5) is 9.19. The number of methoxy groups -OCH3 is 1. The van der Waals surface area contributed by atoms with Gasteiger partial charge in [0, 0.05) is 11.6 Å². The molecule has 0 saturated heterocycles. The molecule has 0 spiro atoms. The monoisotopic (exact) mass is 264 g/mol. The number of nitrogens with zero attached hydrogens (tertiary/aromatic N) is 2. The first-order valence-electron chi connectivity index (χ1n) is 6.56. The molecular formula is C17H16N2O. The fraction of sp³-hybridized carbons (Fsp3) is 0.176. The van der Waals surface area contributed by atoms with E-state index in [1.54, 1.807) is 7.11 Å². The summed E-state index contributed by atoms with van der Waals surface area (Å²) in [5.41, 5.74) is 5.10. The van der Waals surface area contributed by atoms with Crippen molar-refractivity contribution in [3.63, 3.8) is 0 Å². The van der Waals surface area contributed by atoms with Crippen LogP contribution in [0.2, 0.25) is 0 Å². The minimum Gasteiger partial charge on any atom is -0.497 e. The molecule has 3 aromatic rings. The fourth-order valence-corrected chi connectivity index (χ4v) is 2.35. The zero-order chi connectivity index (χ0) is 14.1. The Morgan fingerprint density at radius 2 is 1.85 bits per heavy atom. The van der Waals surface area contributed by atoms with E-state index >= 15 is 0 Å². The van der Waals surface area contributed by atoms with E-state index < -0.39 is 0 Å². The van der Waals surface area contributed by atoms with Gasteiger partial charge in [0.15, 0.2) is 0 Å². The second-order valence-corrected chi connectivity index (χ2v) is 4.93. The maximum Gasteiger partial charge on any atom is 0.119 e. The molecule has 3 rings (SSSR count). The first-order valence-corrected chi connectivity index (χ1v) is 6.56. The number of aryl methyl sites for hydroxylation is 2. The SMILES string of the molecule is COc1ccc2nc(-c3ncc(C)cc3C)ccc2c1. The Morgan fingerprint density at radius 1 is 1.00 bits per heavy atom. The second kappa shape index (κ2) is 4.93. The molecule has 0 amide bonds. The van der Waals surface area contributed by atoms with E-state index in [1.165, 1.54) is 0 Å². The molecule has 0 bridgehead atoms. The first-order chi connectivity index (χ1) is 9.67. The highest BCUT2D eigenvalue weighted by molar-refractivity contribution is 5.82. The van der Waals surface area contributed by atoms with Crippen LogP contribution in [0.4, 0.5) is 0 Å². The van der Waals surface area contributed by atoms with Crippen LogP contribution < -0.4 is 4.74 Å². The number of benzene rings is 1. The third-order valence-electron chi connectivity index (χ3n) is 3.35. The van der Waals surface area contributed by atoms with Crippen molar-refractivity contribution in [1.82, 2.24) is 9.97 Å². The molecule has 0 fully saturated rings. The van der Waals surface area contributed by atoms with Gasteiger partial charge in [-0.25, -0.2) is 4.98 Å². The summed E-state index contributed by atoms with van der Waals surface area (Å²) in [5, 5.41) is 1.07. The number of ether oxygens (including phenoxy) is 1. The molecule has 0 aliphatic heterocycles. The first kappa shape index (κ1) is 12.6. The summed E-state index contributed by atoms with van der Waals surface area (Å²) in [5.74, 6) is 0.844. The zero-order valence-electron chi connectivity index (χ0n) is 11.8. The predicted molar refractivity (Wildman–Crippen MR) is 81.0 cm³/mol. The molecule has 2 heterocycles. The van der Waals surface area contributed by atoms with Crippen molar-refractivity contribution >= 4 is 10.9 Å². The molecular weight excluding hydrogens is 248 g/mol. The van der Waals surface area contributed by atoms with Crippen molar-refractivity contribution in [2.75, 3.05) is 7.11 Å². The van der Waals surface area contributed by atoms with Crippen LogP contribution in [0.3, 0.4) is 0 Å². The van der Waals surface area contributed by atoms with Gasteiger partial charge in [0.05, 0.1) is 24.0 Å². The molecule has 0 aliphatic rings. The summed E-state index contributed by atoms with van der Waals surface area (Å²) in [6.07, 6.45) is 1.88. The quantitative estimate of drug-likeness (QED) is 0.703. The molecule has 0 atom stereocenters. The summed E-state index contributed by atoms with van der Waals surface area (Å²) >= 11 is 0. The molecule has 0 N–H and O–H groups in total. The maximum absolute atomic E-state index is 5.23. The normalized spacial score (nSPS) is 10.8. The van der Waals surface area contributed by atoms with Gasteiger partial charge in [-0.15, -0.1) is 0 Å². The molecule has 3 heteroatoms. The third-order valence-corrected chi connectivity index (χ3v) is 3.35. The van der Waals surface area contributed by atoms with E-state index in [-0.39, 0.29) is 0 Å². The molecule has 0 aliphatic carbocycles. The molecule has 20 heavy (non-hydrogen) atoms. The smallest absolute Gasteiger partial charge is 0.119 e. The number of hydrogen-bond donors (Lipinski definition) is 0. The van der Waals surface area contributed by atoms with Gasteiger partial charge in [-0.2, -0.15) is 0 Å². The average Bonchev–Trinajstić information content (AvgIpc) is 2.46. The maximum atomic E-state index is 5.23. The summed E-state index contributed by atoms with van der Waals surface area (Å²) in [6, 6.07) is 12.1. The van der Waals surface area contributed by atoms with E-state index in [0.29, 0.717) is 0 Å². The van der Waals surface area contributed by atoms with Crippen LogP contribution in [-0.4, -0.2) is 17.1 Å². The largest absolute Gasteiger partial charge is 0.497 e. The van der Waals surface area contributed by atoms with Gasteiger partial charge >= 0.3 is 0 Å². The standard InChI is InChI=1S/C17H16N2O/c1-11-8-12(2)17(18-10-11)16-6-4-13-9-14(20-3)5-7-15(13)19-16/h4-10H,1-3H3. The van der Waals surface area contributed by atoms with E-state index in [2.05, 4.69) is 24.0 Å². The summed E-state index contributed by atoms with van der Waals surface area (Å²) in [6.45, 7) is 4.11. The Hall–Kier alpha value is -2.42. The van der Waals surface area contributed by atoms with Crippen molar-refractivity contribution in [2.24, 2.45) is 0 Å². The van der Waals surface area contributed by atoms with Crippen LogP contribution in [-0.2, 0) is 0 Å². The van der Waals surface area contributed by atoms with Crippen LogP contribution >= 0.6 is 0 Å². The highest BCUT2D eigenvalue weighted by Crippen LogP contribution is 2.24. The molecule has 0 unspecified atom stereocenters. The lowest BCUT2D eigenvalue weighted by molar-refractivity contribution is 0.415. The van der Waals surface area contributed by atoms with Crippen LogP contribution in [0.15, 0.2) is 42.6 Å². The third kappa shape index (κ3) is 2.23. The number of pyridine rings is 2. The Balaban J connectivity index is 2.13. The molecule has 1 aromatic carbocycles. The highest BCUT2D eigenvalue weighted by Gasteiger charge is 2.07. The number of aromatic nitrogens is 2. The van der Waals surface area contributed by atoms with Crippen LogP contribution in [0, 0.1) is 13.8 Å². The van der Waals surface area contributed by atoms with E-state index in [4.69, 9.17) is 9.72 Å². The average molecular weight is 264 g/mol. The molecule has 0 saturated carbocycles. The van der Waals surface area contributed by atoms with Gasteiger partial charge in [0.1, 0.15) is 5.75 Å². The number of rotatable bonds is 2. The lowest BCUT2D eigenvalue weighted by Gasteiger charge is -2.07. The van der Waals surface area contributed by atoms with Gasteiger partial charge in [-0.05, 0) is 49.2 Å². The molecule has 3 nitrogen and oxygen atoms in total. The highest BCUT2D eigenvalue weighted by atomic mass is 16.5. The topological polar surface area (TPSA) is 35.0 Å². The zero-order valence-corrected chi connectivity index (χ0v) is 11.8. The lowest BCUT2D eigenvalue weighted by atomic mass is 10.1. The van der Waals surface area contributed by atoms with Crippen molar-refractivity contribution in [2.45, 2.75) is 13.8 Å². The summed E-state index contributed by atoms with van der Waals surface area (Å²) < 4.78 is 5.23. The minimum atomic E-state index is 0.844. The Morgan fingerprint density at radius 3 is 2.60 bits per heavy atom. The van der Waals surface area contributed by atoms with Crippen molar-refractivity contribution in [3.8, 4) is 17.1 Å². The number of fused-ring (bicyclic) bond motifs is 1. The van der Waals surface area contributed by atoms with Crippen LogP contribution in [0.1, 0.15) is 11.1 Å². The van der Waals surface area contributed by atoms with Gasteiger partial charge in [-0.3, -0.25) is 4.98 Å². The Kier molecular flexibility index (Phi) is 3.11. The van der Waals surface area contributed by atoms with Crippen molar-refractivity contribution in [3.05, 3.63) is 53.7 Å². The molecule has 0 radical (unpaired) electrons. The van der Waals surface area contributed by atoms with E-state index in [0.717, 1.165) is 39.2 Å². The number of hydrogen-bond acceptors (Lipinski definition) is 3. The molecule has 100 valence electrons. The van der Waals surface area contributed by atoms with Gasteiger partial charge in [0.2, 0.25) is 0 Å². The van der Waals surface area contributed by atoms with E-state index in [1.807, 2.05) is 37.4 Å².